The lowest BCUT2D eigenvalue weighted by molar-refractivity contribution is 0.251. The summed E-state index contributed by atoms with van der Waals surface area (Å²) in [4.78, 5) is 20.3. The van der Waals surface area contributed by atoms with Gasteiger partial charge in [0, 0.05) is 28.4 Å². The minimum atomic E-state index is -3.72. The van der Waals surface area contributed by atoms with Crippen LogP contribution >= 0.6 is 15.9 Å². The van der Waals surface area contributed by atoms with Crippen LogP contribution < -0.4 is 14.5 Å². The number of carbonyl (C=O) groups excluding carboxylic acids is 1. The molecule has 1 aliphatic rings. The van der Waals surface area contributed by atoms with Crippen LogP contribution in [0.4, 0.5) is 25.0 Å². The number of benzene rings is 2. The zero-order valence-electron chi connectivity index (χ0n) is 19.2. The first kappa shape index (κ1) is 25.1. The molecule has 0 saturated carbocycles. The van der Waals surface area contributed by atoms with E-state index < -0.39 is 27.5 Å². The van der Waals surface area contributed by atoms with Gasteiger partial charge in [-0.15, -0.1) is 0 Å². The predicted octanol–water partition coefficient (Wildman–Crippen LogP) is 5.03. The maximum absolute atomic E-state index is 14.9. The second-order valence-corrected chi connectivity index (χ2v) is 11.1. The van der Waals surface area contributed by atoms with Crippen molar-refractivity contribution in [3.8, 4) is 5.88 Å². The van der Waals surface area contributed by atoms with Gasteiger partial charge in [0.05, 0.1) is 31.2 Å². The van der Waals surface area contributed by atoms with Gasteiger partial charge >= 0.3 is 6.03 Å². The van der Waals surface area contributed by atoms with Crippen molar-refractivity contribution in [3.63, 3.8) is 0 Å². The molecule has 0 saturated heterocycles. The van der Waals surface area contributed by atoms with Crippen molar-refractivity contribution < 1.29 is 26.7 Å². The summed E-state index contributed by atoms with van der Waals surface area (Å²) in [7, 11) is -2.43. The molecule has 0 bridgehead atoms. The van der Waals surface area contributed by atoms with E-state index in [-0.39, 0.29) is 41.5 Å². The molecule has 1 aliphatic heterocycles. The van der Waals surface area contributed by atoms with Crippen molar-refractivity contribution in [3.05, 3.63) is 75.4 Å². The summed E-state index contributed by atoms with van der Waals surface area (Å²) >= 11 is 3.26. The molecule has 184 valence electrons. The van der Waals surface area contributed by atoms with E-state index in [0.717, 1.165) is 6.26 Å². The van der Waals surface area contributed by atoms with Gasteiger partial charge in [0.25, 0.3) is 0 Å². The number of rotatable bonds is 5. The fourth-order valence-electron chi connectivity index (χ4n) is 4.09. The number of aromatic nitrogens is 1. The third-order valence-corrected chi connectivity index (χ3v) is 7.39. The van der Waals surface area contributed by atoms with Gasteiger partial charge in [0.2, 0.25) is 5.88 Å². The van der Waals surface area contributed by atoms with Crippen LogP contribution in [0.25, 0.3) is 0 Å². The molecule has 0 N–H and O–H groups in total. The van der Waals surface area contributed by atoms with Crippen LogP contribution in [0, 0.1) is 18.6 Å². The number of carbonyl (C=O) groups is 1. The third kappa shape index (κ3) is 4.87. The van der Waals surface area contributed by atoms with Crippen molar-refractivity contribution >= 4 is 43.2 Å². The molecule has 4 rings (SSSR count). The van der Waals surface area contributed by atoms with Gasteiger partial charge in [-0.3, -0.25) is 9.80 Å². The molecule has 0 unspecified atom stereocenters. The number of hydrogen-bond acceptors (Lipinski definition) is 5. The Bertz CT molecular complexity index is 1410. The van der Waals surface area contributed by atoms with Crippen LogP contribution in [-0.4, -0.2) is 39.3 Å². The lowest BCUT2D eigenvalue weighted by Gasteiger charge is -2.29. The van der Waals surface area contributed by atoms with Crippen molar-refractivity contribution in [2.75, 3.05) is 29.7 Å². The summed E-state index contributed by atoms with van der Waals surface area (Å²) in [6, 6.07) is 8.18. The molecule has 0 atom stereocenters. The summed E-state index contributed by atoms with van der Waals surface area (Å²) in [6.07, 6.45) is 2.49. The van der Waals surface area contributed by atoms with Crippen molar-refractivity contribution in [2.45, 2.75) is 24.8 Å². The summed E-state index contributed by atoms with van der Waals surface area (Å²) in [6.45, 7) is 1.63. The average molecular weight is 566 g/mol. The van der Waals surface area contributed by atoms with Crippen LogP contribution in [0.15, 0.2) is 52.0 Å². The van der Waals surface area contributed by atoms with E-state index in [9.17, 15) is 22.0 Å². The molecule has 1 aromatic heterocycles. The van der Waals surface area contributed by atoms with E-state index in [1.165, 1.54) is 47.4 Å². The number of urea groups is 1. The molecule has 7 nitrogen and oxygen atoms in total. The van der Waals surface area contributed by atoms with E-state index in [4.69, 9.17) is 4.74 Å². The van der Waals surface area contributed by atoms with Gasteiger partial charge < -0.3 is 4.74 Å². The Morgan fingerprint density at radius 3 is 2.57 bits per heavy atom. The predicted molar refractivity (Wildman–Crippen MR) is 132 cm³/mol. The van der Waals surface area contributed by atoms with E-state index in [1.54, 1.807) is 19.1 Å². The summed E-state index contributed by atoms with van der Waals surface area (Å²) in [5.74, 6) is -1.10. The molecule has 0 fully saturated rings. The molecular weight excluding hydrogens is 544 g/mol. The normalized spacial score (nSPS) is 14.1. The highest BCUT2D eigenvalue weighted by Crippen LogP contribution is 2.34. The second kappa shape index (κ2) is 9.54. The highest BCUT2D eigenvalue weighted by Gasteiger charge is 2.32. The standard InChI is InChI=1S/C24H22BrF2N3O4S/c1-14-9-15(25)10-20(27)18(14)13-30-21-6-4-5-19(26)17(21)7-8-29(24(30)31)16-11-22(35(3,32)33)23(34-2)28-12-16/h4-6,9-12H,7-8,13H2,1-3H3. The Kier molecular flexibility index (Phi) is 6.83. The fraction of sp³-hybridized carbons (Fsp3) is 0.250. The van der Waals surface area contributed by atoms with Gasteiger partial charge in [-0.25, -0.2) is 27.0 Å². The number of hydrogen-bond donors (Lipinski definition) is 0. The number of aryl methyl sites for hydroxylation is 1. The van der Waals surface area contributed by atoms with Crippen molar-refractivity contribution in [1.82, 2.24) is 4.98 Å². The molecule has 0 spiro atoms. The number of nitrogens with zero attached hydrogens (tertiary/aromatic N) is 3. The Morgan fingerprint density at radius 1 is 1.17 bits per heavy atom. The van der Waals surface area contributed by atoms with Crippen LogP contribution in [0.1, 0.15) is 16.7 Å². The Morgan fingerprint density at radius 2 is 1.91 bits per heavy atom. The molecule has 2 aromatic carbocycles. The van der Waals surface area contributed by atoms with Gasteiger partial charge in [-0.1, -0.05) is 22.0 Å². The number of pyridine rings is 1. The van der Waals surface area contributed by atoms with Crippen LogP contribution in [-0.2, 0) is 22.8 Å². The second-order valence-electron chi connectivity index (χ2n) is 8.16. The highest BCUT2D eigenvalue weighted by molar-refractivity contribution is 9.10. The van der Waals surface area contributed by atoms with E-state index in [0.29, 0.717) is 21.3 Å². The Labute approximate surface area is 210 Å². The summed E-state index contributed by atoms with van der Waals surface area (Å²) in [5.41, 5.74) is 1.72. The van der Waals surface area contributed by atoms with Gasteiger partial charge in [-0.2, -0.15) is 0 Å². The zero-order chi connectivity index (χ0) is 25.5. The number of fused-ring (bicyclic) bond motifs is 1. The molecule has 2 amide bonds. The number of halogens is 3. The number of methoxy groups -OCH3 is 1. The molecule has 0 aliphatic carbocycles. The van der Waals surface area contributed by atoms with Gasteiger partial charge in [0.15, 0.2) is 9.84 Å². The number of amides is 2. The molecule has 3 aromatic rings. The third-order valence-electron chi connectivity index (χ3n) is 5.84. The van der Waals surface area contributed by atoms with Crippen LogP contribution in [0.2, 0.25) is 0 Å². The zero-order valence-corrected chi connectivity index (χ0v) is 21.6. The van der Waals surface area contributed by atoms with Crippen molar-refractivity contribution in [2.24, 2.45) is 0 Å². The van der Waals surface area contributed by atoms with Gasteiger partial charge in [0.1, 0.15) is 16.5 Å². The average Bonchev–Trinajstić information content (AvgIpc) is 2.92. The topological polar surface area (TPSA) is 79.8 Å². The molecular formula is C24H22BrF2N3O4S. The van der Waals surface area contributed by atoms with E-state index in [1.807, 2.05) is 0 Å². The molecule has 35 heavy (non-hydrogen) atoms. The maximum atomic E-state index is 14.9. The molecule has 2 heterocycles. The molecule has 0 radical (unpaired) electrons. The minimum Gasteiger partial charge on any atom is -0.480 e. The highest BCUT2D eigenvalue weighted by atomic mass is 79.9. The number of ether oxygens (including phenoxy) is 1. The lowest BCUT2D eigenvalue weighted by atomic mass is 10.1. The number of sulfone groups is 1. The minimum absolute atomic E-state index is 0.0578. The Hall–Kier alpha value is -3.05. The first-order valence-electron chi connectivity index (χ1n) is 10.6. The quantitative estimate of drug-likeness (QED) is 0.433. The van der Waals surface area contributed by atoms with Gasteiger partial charge in [-0.05, 0) is 49.2 Å². The SMILES string of the molecule is COc1ncc(N2CCc3c(F)cccc3N(Cc3c(C)cc(Br)cc3F)C2=O)cc1S(C)(=O)=O. The first-order valence-corrected chi connectivity index (χ1v) is 13.2. The maximum Gasteiger partial charge on any atom is 0.329 e. The Balaban J connectivity index is 1.84. The van der Waals surface area contributed by atoms with E-state index in [2.05, 4.69) is 20.9 Å². The largest absolute Gasteiger partial charge is 0.480 e. The first-order chi connectivity index (χ1) is 16.5. The van der Waals surface area contributed by atoms with Crippen molar-refractivity contribution in [1.29, 1.82) is 0 Å². The number of anilines is 2. The summed E-state index contributed by atoms with van der Waals surface area (Å²) in [5, 5.41) is 0. The monoisotopic (exact) mass is 565 g/mol. The van der Waals surface area contributed by atoms with Crippen LogP contribution in [0.5, 0.6) is 5.88 Å². The summed E-state index contributed by atoms with van der Waals surface area (Å²) < 4.78 is 59.9. The van der Waals surface area contributed by atoms with E-state index >= 15 is 0 Å². The smallest absolute Gasteiger partial charge is 0.329 e. The lowest BCUT2D eigenvalue weighted by Crippen LogP contribution is -2.42. The fourth-order valence-corrected chi connectivity index (χ4v) is 5.42. The van der Waals surface area contributed by atoms with Crippen LogP contribution in [0.3, 0.4) is 0 Å². The molecule has 11 heteroatoms.